The standard InChI is InChI=1S/C16H17FN2O3S/c1-3-16(2,15(21)22)19-14(20)12-9-23-13(18-12)8-10-6-4-5-7-11(10)17/h4-7,9H,3,8H2,1-2H3,(H,19,20)(H,21,22). The van der Waals surface area contributed by atoms with Crippen LogP contribution in [0, 0.1) is 5.82 Å². The van der Waals surface area contributed by atoms with Crippen LogP contribution < -0.4 is 5.32 Å². The lowest BCUT2D eigenvalue weighted by Crippen LogP contribution is -2.51. The lowest BCUT2D eigenvalue weighted by Gasteiger charge is -2.23. The summed E-state index contributed by atoms with van der Waals surface area (Å²) in [5.41, 5.74) is -0.702. The van der Waals surface area contributed by atoms with Crippen molar-refractivity contribution in [2.24, 2.45) is 0 Å². The van der Waals surface area contributed by atoms with E-state index in [1.807, 2.05) is 0 Å². The Morgan fingerprint density at radius 1 is 1.39 bits per heavy atom. The highest BCUT2D eigenvalue weighted by atomic mass is 32.1. The van der Waals surface area contributed by atoms with Crippen LogP contribution in [0.1, 0.15) is 41.3 Å². The number of nitrogens with one attached hydrogen (secondary N) is 1. The fraction of sp³-hybridized carbons (Fsp3) is 0.312. The third kappa shape index (κ3) is 3.92. The van der Waals surface area contributed by atoms with Crippen LogP contribution in [0.15, 0.2) is 29.6 Å². The van der Waals surface area contributed by atoms with Gasteiger partial charge in [0.25, 0.3) is 5.91 Å². The number of carbonyl (C=O) groups excluding carboxylic acids is 1. The second-order valence-electron chi connectivity index (χ2n) is 5.34. The number of aliphatic carboxylic acids is 1. The zero-order chi connectivity index (χ0) is 17.0. The van der Waals surface area contributed by atoms with Gasteiger partial charge in [0, 0.05) is 11.8 Å². The van der Waals surface area contributed by atoms with E-state index in [1.54, 1.807) is 30.5 Å². The minimum atomic E-state index is -1.34. The number of rotatable bonds is 6. The maximum atomic E-state index is 13.6. The molecule has 23 heavy (non-hydrogen) atoms. The van der Waals surface area contributed by atoms with Crippen molar-refractivity contribution in [3.05, 3.63) is 51.7 Å². The van der Waals surface area contributed by atoms with E-state index in [9.17, 15) is 19.1 Å². The molecule has 0 aliphatic carbocycles. The van der Waals surface area contributed by atoms with Gasteiger partial charge in [0.2, 0.25) is 0 Å². The van der Waals surface area contributed by atoms with Gasteiger partial charge in [-0.3, -0.25) is 4.79 Å². The average molecular weight is 336 g/mol. The number of halogens is 1. The summed E-state index contributed by atoms with van der Waals surface area (Å²) in [6.45, 7) is 3.12. The normalized spacial score (nSPS) is 13.3. The second-order valence-corrected chi connectivity index (χ2v) is 6.28. The molecule has 2 aromatic rings. The number of hydrogen-bond donors (Lipinski definition) is 2. The first-order valence-corrected chi connectivity index (χ1v) is 7.97. The summed E-state index contributed by atoms with van der Waals surface area (Å²) < 4.78 is 13.6. The van der Waals surface area contributed by atoms with Crippen molar-refractivity contribution in [2.45, 2.75) is 32.2 Å². The topological polar surface area (TPSA) is 79.3 Å². The fourth-order valence-electron chi connectivity index (χ4n) is 1.91. The molecule has 0 aliphatic heterocycles. The van der Waals surface area contributed by atoms with Crippen molar-refractivity contribution in [1.82, 2.24) is 10.3 Å². The van der Waals surface area contributed by atoms with Gasteiger partial charge in [0.05, 0.1) is 5.01 Å². The van der Waals surface area contributed by atoms with Crippen LogP contribution in [0.4, 0.5) is 4.39 Å². The molecule has 7 heteroatoms. The van der Waals surface area contributed by atoms with Gasteiger partial charge in [-0.15, -0.1) is 11.3 Å². The number of thiazole rings is 1. The van der Waals surface area contributed by atoms with Crippen LogP contribution in [0.5, 0.6) is 0 Å². The zero-order valence-corrected chi connectivity index (χ0v) is 13.6. The van der Waals surface area contributed by atoms with Crippen molar-refractivity contribution in [2.75, 3.05) is 0 Å². The molecule has 0 fully saturated rings. The van der Waals surface area contributed by atoms with Gasteiger partial charge in [0.15, 0.2) is 0 Å². The van der Waals surface area contributed by atoms with Crippen LogP contribution in [0.25, 0.3) is 0 Å². The first-order valence-electron chi connectivity index (χ1n) is 7.09. The van der Waals surface area contributed by atoms with E-state index in [-0.39, 0.29) is 24.4 Å². The van der Waals surface area contributed by atoms with E-state index in [4.69, 9.17) is 0 Å². The number of hydrogen-bond acceptors (Lipinski definition) is 4. The number of aromatic nitrogens is 1. The fourth-order valence-corrected chi connectivity index (χ4v) is 2.71. The van der Waals surface area contributed by atoms with Crippen LogP contribution in [0.3, 0.4) is 0 Å². The van der Waals surface area contributed by atoms with Gasteiger partial charge >= 0.3 is 5.97 Å². The second kappa shape index (κ2) is 6.87. The number of benzene rings is 1. The Hall–Kier alpha value is -2.28. The van der Waals surface area contributed by atoms with Gasteiger partial charge in [-0.1, -0.05) is 25.1 Å². The van der Waals surface area contributed by atoms with E-state index in [0.717, 1.165) is 0 Å². The predicted molar refractivity (Wildman–Crippen MR) is 85.1 cm³/mol. The van der Waals surface area contributed by atoms with E-state index >= 15 is 0 Å². The lowest BCUT2D eigenvalue weighted by molar-refractivity contribution is -0.143. The molecular weight excluding hydrogens is 319 g/mol. The minimum Gasteiger partial charge on any atom is -0.480 e. The highest BCUT2D eigenvalue weighted by Gasteiger charge is 2.33. The van der Waals surface area contributed by atoms with Gasteiger partial charge in [-0.05, 0) is 25.0 Å². The number of carboxylic acid groups (broad SMARTS) is 1. The first kappa shape index (κ1) is 17.1. The summed E-state index contributed by atoms with van der Waals surface area (Å²) in [7, 11) is 0. The van der Waals surface area contributed by atoms with Crippen molar-refractivity contribution in [3.63, 3.8) is 0 Å². The number of carbonyl (C=O) groups is 2. The molecule has 122 valence electrons. The van der Waals surface area contributed by atoms with E-state index in [0.29, 0.717) is 10.6 Å². The third-order valence-corrected chi connectivity index (χ3v) is 4.50. The number of carboxylic acids is 1. The Balaban J connectivity index is 2.11. The Labute approximate surface area is 137 Å². The first-order chi connectivity index (χ1) is 10.9. The molecule has 5 nitrogen and oxygen atoms in total. The van der Waals surface area contributed by atoms with Crippen molar-refractivity contribution < 1.29 is 19.1 Å². The zero-order valence-electron chi connectivity index (χ0n) is 12.8. The molecule has 1 aromatic carbocycles. The number of nitrogens with zero attached hydrogens (tertiary/aromatic N) is 1. The Morgan fingerprint density at radius 3 is 2.70 bits per heavy atom. The average Bonchev–Trinajstić information content (AvgIpc) is 2.98. The Bertz CT molecular complexity index is 732. The van der Waals surface area contributed by atoms with Crippen LogP contribution >= 0.6 is 11.3 Å². The summed E-state index contributed by atoms with van der Waals surface area (Å²) in [5.74, 6) is -1.97. The maximum Gasteiger partial charge on any atom is 0.329 e. The quantitative estimate of drug-likeness (QED) is 0.850. The molecule has 0 saturated carbocycles. The number of amides is 1. The Morgan fingerprint density at radius 2 is 2.09 bits per heavy atom. The lowest BCUT2D eigenvalue weighted by atomic mass is 9.99. The Kier molecular flexibility index (Phi) is 5.10. The predicted octanol–water partition coefficient (Wildman–Crippen LogP) is 2.86. The molecule has 0 radical (unpaired) electrons. The van der Waals surface area contributed by atoms with Crippen molar-refractivity contribution in [3.8, 4) is 0 Å². The van der Waals surface area contributed by atoms with Crippen molar-refractivity contribution in [1.29, 1.82) is 0 Å². The SMILES string of the molecule is CCC(C)(NC(=O)c1csc(Cc2ccccc2F)n1)C(=O)O. The summed E-state index contributed by atoms with van der Waals surface area (Å²) in [5, 5.41) is 13.8. The molecule has 0 bridgehead atoms. The highest BCUT2D eigenvalue weighted by molar-refractivity contribution is 7.09. The van der Waals surface area contributed by atoms with Crippen LogP contribution in [-0.4, -0.2) is 27.5 Å². The summed E-state index contributed by atoms with van der Waals surface area (Å²) in [4.78, 5) is 27.6. The molecule has 2 N–H and O–H groups in total. The minimum absolute atomic E-state index is 0.141. The summed E-state index contributed by atoms with van der Waals surface area (Å²) >= 11 is 1.24. The molecule has 1 aromatic heterocycles. The molecule has 0 aliphatic rings. The smallest absolute Gasteiger partial charge is 0.329 e. The summed E-state index contributed by atoms with van der Waals surface area (Å²) in [6, 6.07) is 6.38. The van der Waals surface area contributed by atoms with E-state index in [2.05, 4.69) is 10.3 Å². The van der Waals surface area contributed by atoms with Gasteiger partial charge in [-0.2, -0.15) is 0 Å². The van der Waals surface area contributed by atoms with Crippen molar-refractivity contribution >= 4 is 23.2 Å². The molecule has 1 heterocycles. The summed E-state index contributed by atoms with van der Waals surface area (Å²) in [6.07, 6.45) is 0.537. The highest BCUT2D eigenvalue weighted by Crippen LogP contribution is 2.18. The molecule has 0 saturated heterocycles. The molecule has 1 amide bonds. The van der Waals surface area contributed by atoms with E-state index < -0.39 is 17.4 Å². The monoisotopic (exact) mass is 336 g/mol. The van der Waals surface area contributed by atoms with Gasteiger partial charge in [0.1, 0.15) is 17.1 Å². The molecular formula is C16H17FN2O3S. The van der Waals surface area contributed by atoms with Gasteiger partial charge in [-0.25, -0.2) is 14.2 Å². The molecule has 1 unspecified atom stereocenters. The van der Waals surface area contributed by atoms with Gasteiger partial charge < -0.3 is 10.4 Å². The molecule has 1 atom stereocenters. The van der Waals surface area contributed by atoms with Crippen LogP contribution in [-0.2, 0) is 11.2 Å². The largest absolute Gasteiger partial charge is 0.480 e. The molecule has 2 rings (SSSR count). The van der Waals surface area contributed by atoms with E-state index in [1.165, 1.54) is 24.3 Å². The third-order valence-electron chi connectivity index (χ3n) is 3.65. The van der Waals surface area contributed by atoms with Crippen LogP contribution in [0.2, 0.25) is 0 Å². The molecule has 0 spiro atoms. The maximum absolute atomic E-state index is 13.6.